The van der Waals surface area contributed by atoms with Crippen molar-refractivity contribution in [3.63, 3.8) is 0 Å². The summed E-state index contributed by atoms with van der Waals surface area (Å²) in [5.74, 6) is 0.925. The van der Waals surface area contributed by atoms with E-state index in [0.29, 0.717) is 0 Å². The largest absolute Gasteiger partial charge is 0.327 e. The summed E-state index contributed by atoms with van der Waals surface area (Å²) >= 11 is 12.4. The first-order valence-electron chi connectivity index (χ1n) is 7.58. The Morgan fingerprint density at radius 1 is 1.29 bits per heavy atom. The number of hydrogen-bond donors (Lipinski definition) is 0. The van der Waals surface area contributed by atoms with Crippen molar-refractivity contribution >= 4 is 34.2 Å². The van der Waals surface area contributed by atoms with Crippen molar-refractivity contribution in [3.05, 3.63) is 29.0 Å². The summed E-state index contributed by atoms with van der Waals surface area (Å²) in [6, 6.07) is 5.81. The summed E-state index contributed by atoms with van der Waals surface area (Å²) in [7, 11) is 0. The minimum Gasteiger partial charge on any atom is -0.327 e. The van der Waals surface area contributed by atoms with Gasteiger partial charge in [-0.05, 0) is 51.2 Å². The lowest BCUT2D eigenvalue weighted by Crippen LogP contribution is -2.25. The SMILES string of the molecule is CCN(CC)CCCn1c(C(C)Cl)nc2ccc(Cl)cc21. The van der Waals surface area contributed by atoms with Gasteiger partial charge in [0.25, 0.3) is 0 Å². The van der Waals surface area contributed by atoms with Gasteiger partial charge in [0.05, 0.1) is 16.4 Å². The lowest BCUT2D eigenvalue weighted by Gasteiger charge is -2.18. The Labute approximate surface area is 136 Å². The molecule has 0 bridgehead atoms. The molecule has 0 aliphatic heterocycles. The van der Waals surface area contributed by atoms with E-state index in [9.17, 15) is 0 Å². The second-order valence-corrected chi connectivity index (χ2v) is 6.34. The molecule has 1 atom stereocenters. The Bertz CT molecular complexity index is 588. The van der Waals surface area contributed by atoms with Crippen molar-refractivity contribution in [1.29, 1.82) is 0 Å². The van der Waals surface area contributed by atoms with Gasteiger partial charge < -0.3 is 9.47 Å². The number of aryl methyl sites for hydroxylation is 1. The second-order valence-electron chi connectivity index (χ2n) is 5.25. The first-order chi connectivity index (χ1) is 10.1. The Morgan fingerprint density at radius 2 is 2.00 bits per heavy atom. The minimum atomic E-state index is -0.107. The van der Waals surface area contributed by atoms with Gasteiger partial charge in [0.15, 0.2) is 0 Å². The van der Waals surface area contributed by atoms with E-state index in [1.165, 1.54) is 0 Å². The number of imidazole rings is 1. The molecule has 1 unspecified atom stereocenters. The fourth-order valence-electron chi connectivity index (χ4n) is 2.65. The summed E-state index contributed by atoms with van der Waals surface area (Å²) in [4.78, 5) is 7.08. The Balaban J connectivity index is 2.23. The van der Waals surface area contributed by atoms with Crippen LogP contribution in [-0.4, -0.2) is 34.1 Å². The molecule has 2 aromatic rings. The van der Waals surface area contributed by atoms with E-state index >= 15 is 0 Å². The van der Waals surface area contributed by atoms with Crippen molar-refractivity contribution in [3.8, 4) is 0 Å². The van der Waals surface area contributed by atoms with Crippen LogP contribution in [0.4, 0.5) is 0 Å². The van der Waals surface area contributed by atoms with Gasteiger partial charge in [0.2, 0.25) is 0 Å². The van der Waals surface area contributed by atoms with Crippen molar-refractivity contribution in [2.75, 3.05) is 19.6 Å². The molecule has 0 aliphatic rings. The topological polar surface area (TPSA) is 21.1 Å². The van der Waals surface area contributed by atoms with E-state index in [0.717, 1.165) is 54.5 Å². The molecule has 0 radical (unpaired) electrons. The average Bonchev–Trinajstić information content (AvgIpc) is 2.82. The molecule has 0 fully saturated rings. The molecule has 0 N–H and O–H groups in total. The number of hydrogen-bond acceptors (Lipinski definition) is 2. The first-order valence-corrected chi connectivity index (χ1v) is 8.40. The van der Waals surface area contributed by atoms with Gasteiger partial charge in [-0.2, -0.15) is 0 Å². The summed E-state index contributed by atoms with van der Waals surface area (Å²) in [5, 5.41) is 0.630. The average molecular weight is 328 g/mol. The fourth-order valence-corrected chi connectivity index (χ4v) is 2.98. The molecular weight excluding hydrogens is 305 g/mol. The smallest absolute Gasteiger partial charge is 0.127 e. The molecule has 21 heavy (non-hydrogen) atoms. The Morgan fingerprint density at radius 3 is 2.62 bits per heavy atom. The molecular formula is C16H23Cl2N3. The van der Waals surface area contributed by atoms with Gasteiger partial charge in [-0.15, -0.1) is 11.6 Å². The zero-order valence-electron chi connectivity index (χ0n) is 12.9. The monoisotopic (exact) mass is 327 g/mol. The molecule has 1 aromatic carbocycles. The number of fused-ring (bicyclic) bond motifs is 1. The molecule has 3 nitrogen and oxygen atoms in total. The first kappa shape index (κ1) is 16.6. The Kier molecular flexibility index (Phi) is 5.91. The van der Waals surface area contributed by atoms with E-state index in [2.05, 4.69) is 28.3 Å². The van der Waals surface area contributed by atoms with Crippen LogP contribution in [0.3, 0.4) is 0 Å². The zero-order chi connectivity index (χ0) is 15.4. The van der Waals surface area contributed by atoms with E-state index in [-0.39, 0.29) is 5.38 Å². The molecule has 0 spiro atoms. The summed E-state index contributed by atoms with van der Waals surface area (Å²) in [6.45, 7) is 10.5. The van der Waals surface area contributed by atoms with Gasteiger partial charge in [-0.3, -0.25) is 0 Å². The standard InChI is InChI=1S/C16H23Cl2N3/c1-4-20(5-2)9-6-10-21-15-11-13(18)7-8-14(15)19-16(21)12(3)17/h7-8,11-12H,4-6,9-10H2,1-3H3. The number of alkyl halides is 1. The fraction of sp³-hybridized carbons (Fsp3) is 0.562. The third-order valence-corrected chi connectivity index (χ3v) is 4.28. The van der Waals surface area contributed by atoms with Crippen LogP contribution < -0.4 is 0 Å². The highest BCUT2D eigenvalue weighted by atomic mass is 35.5. The number of aromatic nitrogens is 2. The van der Waals surface area contributed by atoms with Crippen LogP contribution in [0.25, 0.3) is 11.0 Å². The molecule has 5 heteroatoms. The van der Waals surface area contributed by atoms with Gasteiger partial charge in [-0.1, -0.05) is 25.4 Å². The van der Waals surface area contributed by atoms with Crippen LogP contribution in [0.15, 0.2) is 18.2 Å². The third-order valence-electron chi connectivity index (χ3n) is 3.85. The number of halogens is 2. The predicted octanol–water partition coefficient (Wildman–Crippen LogP) is 4.72. The highest BCUT2D eigenvalue weighted by Gasteiger charge is 2.15. The number of rotatable bonds is 7. The van der Waals surface area contributed by atoms with Crippen molar-refractivity contribution < 1.29 is 0 Å². The van der Waals surface area contributed by atoms with Crippen LogP contribution in [0.2, 0.25) is 5.02 Å². The van der Waals surface area contributed by atoms with E-state index in [1.807, 2.05) is 25.1 Å². The van der Waals surface area contributed by atoms with Crippen LogP contribution >= 0.6 is 23.2 Å². The molecule has 0 aliphatic carbocycles. The van der Waals surface area contributed by atoms with Crippen LogP contribution in [0.5, 0.6) is 0 Å². The van der Waals surface area contributed by atoms with Gasteiger partial charge in [0, 0.05) is 11.6 Å². The van der Waals surface area contributed by atoms with Gasteiger partial charge in [-0.25, -0.2) is 4.98 Å². The summed E-state index contributed by atoms with van der Waals surface area (Å²) in [5.41, 5.74) is 2.04. The van der Waals surface area contributed by atoms with Gasteiger partial charge >= 0.3 is 0 Å². The van der Waals surface area contributed by atoms with Crippen molar-refractivity contribution in [2.24, 2.45) is 0 Å². The maximum Gasteiger partial charge on any atom is 0.127 e. The molecule has 2 rings (SSSR count). The molecule has 0 amide bonds. The highest BCUT2D eigenvalue weighted by molar-refractivity contribution is 6.31. The molecule has 0 saturated heterocycles. The Hall–Kier alpha value is -0.770. The van der Waals surface area contributed by atoms with Crippen molar-refractivity contribution in [2.45, 2.75) is 39.1 Å². The maximum atomic E-state index is 6.29. The lowest BCUT2D eigenvalue weighted by molar-refractivity contribution is 0.293. The van der Waals surface area contributed by atoms with E-state index in [4.69, 9.17) is 23.2 Å². The van der Waals surface area contributed by atoms with E-state index < -0.39 is 0 Å². The van der Waals surface area contributed by atoms with Gasteiger partial charge in [0.1, 0.15) is 5.82 Å². The maximum absolute atomic E-state index is 6.29. The molecule has 0 saturated carbocycles. The van der Waals surface area contributed by atoms with Crippen LogP contribution in [0, 0.1) is 0 Å². The summed E-state index contributed by atoms with van der Waals surface area (Å²) in [6.07, 6.45) is 1.08. The number of benzene rings is 1. The molecule has 1 heterocycles. The second kappa shape index (κ2) is 7.48. The number of nitrogens with zero attached hydrogens (tertiary/aromatic N) is 3. The quantitative estimate of drug-likeness (QED) is 0.686. The minimum absolute atomic E-state index is 0.107. The summed E-state index contributed by atoms with van der Waals surface area (Å²) < 4.78 is 2.21. The van der Waals surface area contributed by atoms with Crippen molar-refractivity contribution in [1.82, 2.24) is 14.5 Å². The third kappa shape index (κ3) is 3.91. The lowest BCUT2D eigenvalue weighted by atomic mass is 10.3. The van der Waals surface area contributed by atoms with Crippen LogP contribution in [0.1, 0.15) is 38.4 Å². The predicted molar refractivity (Wildman–Crippen MR) is 91.4 cm³/mol. The molecule has 116 valence electrons. The molecule has 1 aromatic heterocycles. The van der Waals surface area contributed by atoms with E-state index in [1.54, 1.807) is 0 Å². The zero-order valence-corrected chi connectivity index (χ0v) is 14.5. The normalized spacial score (nSPS) is 13.2. The van der Waals surface area contributed by atoms with Crippen LogP contribution in [-0.2, 0) is 6.54 Å². The highest BCUT2D eigenvalue weighted by Crippen LogP contribution is 2.26.